The van der Waals surface area contributed by atoms with E-state index < -0.39 is 0 Å². The Morgan fingerprint density at radius 2 is 1.05 bits per heavy atom. The SMILES string of the molecule is CC(C)(C)c1cc(N(c2ccc3c(c2)Oc2c(cccc2-c2ccccc2)O3)c2ccccc2-c2ccc3ccccc3c2)c2c(c1)sc1ccc(-c3ccc(-c4ccccc4)cc3)cc12. The summed E-state index contributed by atoms with van der Waals surface area (Å²) in [4.78, 5) is 2.46. The topological polar surface area (TPSA) is 21.7 Å². The van der Waals surface area contributed by atoms with Crippen molar-refractivity contribution in [3.05, 3.63) is 224 Å². The van der Waals surface area contributed by atoms with Crippen molar-refractivity contribution in [2.75, 3.05) is 4.90 Å². The number of benzene rings is 10. The van der Waals surface area contributed by atoms with Crippen molar-refractivity contribution in [3.8, 4) is 67.5 Å². The molecule has 1 aliphatic heterocycles. The zero-order chi connectivity index (χ0) is 44.4. The Balaban J connectivity index is 1.08. The number of rotatable bonds is 7. The number of hydrogen-bond acceptors (Lipinski definition) is 4. The standard InChI is InChI=1S/C62H45NO2S/c1-62(2,3)48-37-54(60-52-36-46(31-34-58(52)66-59(60)38-48)43-27-25-42(26-28-43)40-15-6-4-7-16-40)63(53-23-13-12-21-50(53)47-30-29-41-17-10-11-20-45(41)35-47)49-32-33-55-57(39-49)65-61-51(22-14-24-56(61)64-55)44-18-8-5-9-19-44/h4-39H,1-3H3. The molecule has 2 heterocycles. The third kappa shape index (κ3) is 7.07. The molecule has 0 saturated heterocycles. The van der Waals surface area contributed by atoms with Gasteiger partial charge in [0.2, 0.25) is 0 Å². The van der Waals surface area contributed by atoms with Crippen molar-refractivity contribution >= 4 is 59.3 Å². The maximum Gasteiger partial charge on any atom is 0.177 e. The summed E-state index contributed by atoms with van der Waals surface area (Å²) in [5, 5.41) is 4.86. The lowest BCUT2D eigenvalue weighted by atomic mass is 9.85. The molecule has 0 N–H and O–H groups in total. The van der Waals surface area contributed by atoms with Gasteiger partial charge >= 0.3 is 0 Å². The molecule has 0 spiro atoms. The predicted octanol–water partition coefficient (Wildman–Crippen LogP) is 18.5. The van der Waals surface area contributed by atoms with Crippen LogP contribution in [0.25, 0.3) is 75.5 Å². The summed E-state index contributed by atoms with van der Waals surface area (Å²) < 4.78 is 16.1. The molecule has 12 rings (SSSR count). The highest BCUT2D eigenvalue weighted by Gasteiger charge is 2.28. The van der Waals surface area contributed by atoms with Gasteiger partial charge in [0.1, 0.15) is 0 Å². The van der Waals surface area contributed by atoms with E-state index in [-0.39, 0.29) is 5.41 Å². The highest BCUT2D eigenvalue weighted by atomic mass is 32.1. The van der Waals surface area contributed by atoms with E-state index in [0.717, 1.165) is 39.3 Å². The molecule has 0 aliphatic carbocycles. The number of thiophene rings is 1. The van der Waals surface area contributed by atoms with Crippen molar-refractivity contribution in [3.63, 3.8) is 0 Å². The van der Waals surface area contributed by atoms with Crippen LogP contribution in [0, 0.1) is 0 Å². The van der Waals surface area contributed by atoms with Crippen LogP contribution in [0.4, 0.5) is 17.1 Å². The van der Waals surface area contributed by atoms with Gasteiger partial charge in [-0.15, -0.1) is 11.3 Å². The number of nitrogens with zero attached hydrogens (tertiary/aromatic N) is 1. The van der Waals surface area contributed by atoms with E-state index in [2.05, 4.69) is 226 Å². The molecular weight excluding hydrogens is 823 g/mol. The molecular formula is C62H45NO2S. The van der Waals surface area contributed by atoms with Gasteiger partial charge in [0.25, 0.3) is 0 Å². The Bertz CT molecular complexity index is 3620. The van der Waals surface area contributed by atoms with Crippen molar-refractivity contribution in [1.29, 1.82) is 0 Å². The lowest BCUT2D eigenvalue weighted by molar-refractivity contribution is 0.361. The molecule has 1 aliphatic rings. The average molecular weight is 868 g/mol. The second kappa shape index (κ2) is 16.0. The molecule has 0 unspecified atom stereocenters. The normalized spacial score (nSPS) is 12.1. The van der Waals surface area contributed by atoms with Crippen LogP contribution in [0.2, 0.25) is 0 Å². The van der Waals surface area contributed by atoms with Crippen molar-refractivity contribution in [2.45, 2.75) is 26.2 Å². The number of anilines is 3. The highest BCUT2D eigenvalue weighted by Crippen LogP contribution is 2.54. The zero-order valence-corrected chi connectivity index (χ0v) is 37.8. The van der Waals surface area contributed by atoms with E-state index in [9.17, 15) is 0 Å². The largest absolute Gasteiger partial charge is 0.449 e. The summed E-state index contributed by atoms with van der Waals surface area (Å²) in [6.45, 7) is 6.92. The molecule has 0 fully saturated rings. The molecule has 66 heavy (non-hydrogen) atoms. The van der Waals surface area contributed by atoms with Crippen LogP contribution in [0.3, 0.4) is 0 Å². The number of ether oxygens (including phenoxy) is 2. The molecule has 316 valence electrons. The van der Waals surface area contributed by atoms with Crippen molar-refractivity contribution < 1.29 is 9.47 Å². The van der Waals surface area contributed by atoms with Gasteiger partial charge in [-0.2, -0.15) is 0 Å². The number of hydrogen-bond donors (Lipinski definition) is 0. The Morgan fingerprint density at radius 1 is 0.394 bits per heavy atom. The second-order valence-corrected chi connectivity index (χ2v) is 19.2. The molecule has 0 amide bonds. The molecule has 0 bridgehead atoms. The van der Waals surface area contributed by atoms with Crippen LogP contribution in [-0.2, 0) is 5.41 Å². The minimum atomic E-state index is -0.126. The van der Waals surface area contributed by atoms with E-state index in [1.54, 1.807) is 0 Å². The summed E-state index contributed by atoms with van der Waals surface area (Å²) in [6, 6.07) is 78.4. The fourth-order valence-electron chi connectivity index (χ4n) is 9.41. The van der Waals surface area contributed by atoms with Gasteiger partial charge in [0.15, 0.2) is 23.0 Å². The van der Waals surface area contributed by atoms with E-state index in [0.29, 0.717) is 23.0 Å². The Hall–Kier alpha value is -7.92. The van der Waals surface area contributed by atoms with Crippen LogP contribution in [0.5, 0.6) is 23.0 Å². The van der Waals surface area contributed by atoms with Crippen LogP contribution >= 0.6 is 11.3 Å². The zero-order valence-electron chi connectivity index (χ0n) is 37.0. The molecule has 0 saturated carbocycles. The first-order chi connectivity index (χ1) is 32.3. The molecule has 10 aromatic carbocycles. The predicted molar refractivity (Wildman–Crippen MR) is 279 cm³/mol. The maximum atomic E-state index is 6.96. The van der Waals surface area contributed by atoms with Gasteiger partial charge < -0.3 is 14.4 Å². The monoisotopic (exact) mass is 867 g/mol. The minimum absolute atomic E-state index is 0.126. The highest BCUT2D eigenvalue weighted by molar-refractivity contribution is 7.26. The van der Waals surface area contributed by atoms with Gasteiger partial charge in [-0.05, 0) is 110 Å². The lowest BCUT2D eigenvalue weighted by Gasteiger charge is -2.32. The summed E-state index contributed by atoms with van der Waals surface area (Å²) in [5.41, 5.74) is 13.4. The molecule has 0 radical (unpaired) electrons. The Morgan fingerprint density at radius 3 is 1.83 bits per heavy atom. The van der Waals surface area contributed by atoms with Crippen LogP contribution in [0.1, 0.15) is 26.3 Å². The first-order valence-corrected chi connectivity index (χ1v) is 23.4. The second-order valence-electron chi connectivity index (χ2n) is 18.1. The lowest BCUT2D eigenvalue weighted by Crippen LogP contribution is -2.15. The molecule has 1 aromatic heterocycles. The van der Waals surface area contributed by atoms with Gasteiger partial charge in [0, 0.05) is 37.4 Å². The summed E-state index contributed by atoms with van der Waals surface area (Å²) >= 11 is 1.86. The van der Waals surface area contributed by atoms with Gasteiger partial charge in [0.05, 0.1) is 17.1 Å². The first-order valence-electron chi connectivity index (χ1n) is 22.6. The maximum absolute atomic E-state index is 6.96. The Labute approximate surface area is 389 Å². The minimum Gasteiger partial charge on any atom is -0.449 e. The third-order valence-corrected chi connectivity index (χ3v) is 14.0. The van der Waals surface area contributed by atoms with E-state index in [4.69, 9.17) is 9.47 Å². The quantitative estimate of drug-likeness (QED) is 0.159. The van der Waals surface area contributed by atoms with Gasteiger partial charge in [-0.25, -0.2) is 0 Å². The molecule has 4 heteroatoms. The van der Waals surface area contributed by atoms with E-state index >= 15 is 0 Å². The van der Waals surface area contributed by atoms with Crippen LogP contribution in [0.15, 0.2) is 218 Å². The number of fused-ring (bicyclic) bond motifs is 6. The summed E-state index contributed by atoms with van der Waals surface area (Å²) in [5.74, 6) is 2.75. The van der Waals surface area contributed by atoms with Crippen molar-refractivity contribution in [2.24, 2.45) is 0 Å². The summed E-state index contributed by atoms with van der Waals surface area (Å²) in [6.07, 6.45) is 0. The molecule has 11 aromatic rings. The van der Waals surface area contributed by atoms with E-state index in [1.165, 1.54) is 58.8 Å². The van der Waals surface area contributed by atoms with Gasteiger partial charge in [-0.1, -0.05) is 178 Å². The number of para-hydroxylation sites is 2. The summed E-state index contributed by atoms with van der Waals surface area (Å²) in [7, 11) is 0. The van der Waals surface area contributed by atoms with Crippen LogP contribution < -0.4 is 14.4 Å². The van der Waals surface area contributed by atoms with Gasteiger partial charge in [-0.3, -0.25) is 0 Å². The fourth-order valence-corrected chi connectivity index (χ4v) is 10.6. The van der Waals surface area contributed by atoms with Crippen LogP contribution in [-0.4, -0.2) is 0 Å². The Kier molecular flexibility index (Phi) is 9.58. The average Bonchev–Trinajstić information content (AvgIpc) is 3.74. The van der Waals surface area contributed by atoms with E-state index in [1.807, 2.05) is 29.5 Å². The fraction of sp³-hybridized carbons (Fsp3) is 0.0645. The smallest absolute Gasteiger partial charge is 0.177 e. The third-order valence-electron chi connectivity index (χ3n) is 12.9. The first kappa shape index (κ1) is 39.7. The molecule has 0 atom stereocenters. The molecule has 3 nitrogen and oxygen atoms in total. The van der Waals surface area contributed by atoms with Crippen molar-refractivity contribution in [1.82, 2.24) is 0 Å².